The zero-order chi connectivity index (χ0) is 19.7. The first-order chi connectivity index (χ1) is 13.6. The molecule has 5 heteroatoms. The number of rotatable bonds is 5. The lowest BCUT2D eigenvalue weighted by atomic mass is 9.84. The molecule has 0 bridgehead atoms. The molecule has 3 aromatic rings. The molecule has 1 aromatic heterocycles. The summed E-state index contributed by atoms with van der Waals surface area (Å²) in [4.78, 5) is 11.7. The van der Waals surface area contributed by atoms with E-state index < -0.39 is 0 Å². The van der Waals surface area contributed by atoms with Gasteiger partial charge in [0.25, 0.3) is 0 Å². The number of methoxy groups -OCH3 is 1. The summed E-state index contributed by atoms with van der Waals surface area (Å²) < 4.78 is 21.1. The lowest BCUT2D eigenvalue weighted by Gasteiger charge is -2.25. The Morgan fingerprint density at radius 3 is 2.79 bits per heavy atom. The molecule has 1 aliphatic carbocycles. The number of halogens is 2. The van der Waals surface area contributed by atoms with Crippen molar-refractivity contribution in [3.05, 3.63) is 70.1 Å². The van der Waals surface area contributed by atoms with E-state index in [1.54, 1.807) is 6.07 Å². The zero-order valence-corrected chi connectivity index (χ0v) is 16.6. The van der Waals surface area contributed by atoms with Gasteiger partial charge in [-0.1, -0.05) is 23.7 Å². The minimum atomic E-state index is -0.212. The van der Waals surface area contributed by atoms with Crippen LogP contribution in [0.4, 0.5) is 4.39 Å². The van der Waals surface area contributed by atoms with Crippen LogP contribution in [0.2, 0.25) is 5.02 Å². The van der Waals surface area contributed by atoms with Crippen molar-refractivity contribution in [1.82, 2.24) is 4.57 Å². The number of aryl methyl sites for hydroxylation is 1. The van der Waals surface area contributed by atoms with Crippen LogP contribution in [0.15, 0.2) is 42.5 Å². The predicted octanol–water partition coefficient (Wildman–Crippen LogP) is 5.86. The van der Waals surface area contributed by atoms with Gasteiger partial charge in [0.05, 0.1) is 7.11 Å². The molecular formula is C23H23ClFNO2. The summed E-state index contributed by atoms with van der Waals surface area (Å²) in [6.07, 6.45) is 4.17. The third-order valence-electron chi connectivity index (χ3n) is 5.72. The molecule has 1 aliphatic rings. The molecule has 0 fully saturated rings. The Morgan fingerprint density at radius 2 is 2.04 bits per heavy atom. The van der Waals surface area contributed by atoms with Gasteiger partial charge in [0.15, 0.2) is 0 Å². The number of hydrogen-bond donors (Lipinski definition) is 0. The second-order valence-corrected chi connectivity index (χ2v) is 7.88. The van der Waals surface area contributed by atoms with E-state index in [9.17, 15) is 9.18 Å². The normalized spacial score (nSPS) is 16.2. The lowest BCUT2D eigenvalue weighted by Crippen LogP contribution is -2.16. The third kappa shape index (κ3) is 3.66. The Morgan fingerprint density at radius 1 is 1.25 bits per heavy atom. The number of ether oxygens (including phenoxy) is 1. The number of hydrogen-bond acceptors (Lipinski definition) is 2. The van der Waals surface area contributed by atoms with E-state index in [0.717, 1.165) is 42.1 Å². The van der Waals surface area contributed by atoms with E-state index in [-0.39, 0.29) is 17.7 Å². The second kappa shape index (κ2) is 7.96. The number of benzene rings is 2. The van der Waals surface area contributed by atoms with E-state index in [1.807, 2.05) is 30.3 Å². The molecule has 146 valence electrons. The van der Waals surface area contributed by atoms with Gasteiger partial charge in [0.2, 0.25) is 0 Å². The highest BCUT2D eigenvalue weighted by atomic mass is 35.5. The SMILES string of the molecule is COC(=O)CCC1CCCc2c1n(Cc1ccc(Cl)cc1)c1ccc(F)cc21. The molecule has 0 amide bonds. The van der Waals surface area contributed by atoms with Crippen molar-refractivity contribution in [3.63, 3.8) is 0 Å². The summed E-state index contributed by atoms with van der Waals surface area (Å²) in [7, 11) is 1.43. The molecule has 1 heterocycles. The van der Waals surface area contributed by atoms with Crippen LogP contribution in [0.1, 0.15) is 48.4 Å². The first kappa shape index (κ1) is 19.0. The van der Waals surface area contributed by atoms with Crippen LogP contribution in [-0.4, -0.2) is 17.6 Å². The van der Waals surface area contributed by atoms with Crippen LogP contribution in [0, 0.1) is 5.82 Å². The van der Waals surface area contributed by atoms with Crippen LogP contribution in [0.3, 0.4) is 0 Å². The van der Waals surface area contributed by atoms with Crippen LogP contribution >= 0.6 is 11.6 Å². The van der Waals surface area contributed by atoms with Gasteiger partial charge >= 0.3 is 5.97 Å². The number of carbonyl (C=O) groups is 1. The number of carbonyl (C=O) groups excluding carboxylic acids is 1. The summed E-state index contributed by atoms with van der Waals surface area (Å²) in [6, 6.07) is 12.9. The van der Waals surface area contributed by atoms with E-state index >= 15 is 0 Å². The molecule has 4 rings (SSSR count). The van der Waals surface area contributed by atoms with Gasteiger partial charge in [-0.15, -0.1) is 0 Å². The first-order valence-electron chi connectivity index (χ1n) is 9.68. The summed E-state index contributed by atoms with van der Waals surface area (Å²) in [5.41, 5.74) is 4.66. The Kier molecular flexibility index (Phi) is 5.40. The Labute approximate surface area is 169 Å². The Bertz CT molecular complexity index is 1010. The number of esters is 1. The maximum Gasteiger partial charge on any atom is 0.305 e. The second-order valence-electron chi connectivity index (χ2n) is 7.44. The zero-order valence-electron chi connectivity index (χ0n) is 15.9. The monoisotopic (exact) mass is 399 g/mol. The fourth-order valence-corrected chi connectivity index (χ4v) is 4.55. The molecule has 3 nitrogen and oxygen atoms in total. The van der Waals surface area contributed by atoms with Crippen molar-refractivity contribution in [1.29, 1.82) is 0 Å². The summed E-state index contributed by atoms with van der Waals surface area (Å²) >= 11 is 6.04. The van der Waals surface area contributed by atoms with E-state index in [4.69, 9.17) is 16.3 Å². The molecular weight excluding hydrogens is 377 g/mol. The van der Waals surface area contributed by atoms with Crippen molar-refractivity contribution >= 4 is 28.5 Å². The van der Waals surface area contributed by atoms with E-state index in [1.165, 1.54) is 24.4 Å². The fraction of sp³-hybridized carbons (Fsp3) is 0.348. The third-order valence-corrected chi connectivity index (χ3v) is 5.97. The molecule has 1 atom stereocenters. The lowest BCUT2D eigenvalue weighted by molar-refractivity contribution is -0.140. The molecule has 0 N–H and O–H groups in total. The number of nitrogens with zero attached hydrogens (tertiary/aromatic N) is 1. The maximum absolute atomic E-state index is 14.0. The van der Waals surface area contributed by atoms with Gasteiger partial charge < -0.3 is 9.30 Å². The quantitative estimate of drug-likeness (QED) is 0.503. The molecule has 0 spiro atoms. The van der Waals surface area contributed by atoms with Gasteiger partial charge in [-0.05, 0) is 67.1 Å². The first-order valence-corrected chi connectivity index (χ1v) is 10.1. The fourth-order valence-electron chi connectivity index (χ4n) is 4.43. The summed E-state index contributed by atoms with van der Waals surface area (Å²) in [6.45, 7) is 0.698. The van der Waals surface area contributed by atoms with E-state index in [0.29, 0.717) is 18.0 Å². The van der Waals surface area contributed by atoms with Gasteiger partial charge in [0, 0.05) is 40.5 Å². The largest absolute Gasteiger partial charge is 0.469 e. The van der Waals surface area contributed by atoms with Crippen molar-refractivity contribution in [3.8, 4) is 0 Å². The molecule has 0 aliphatic heterocycles. The summed E-state index contributed by atoms with van der Waals surface area (Å²) in [5, 5.41) is 1.70. The standard InChI is InChI=1S/C23H23ClFNO2/c1-28-22(27)12-7-16-3-2-4-19-20-13-18(25)10-11-21(20)26(23(16)19)14-15-5-8-17(24)9-6-15/h5-6,8-11,13,16H,2-4,7,12,14H2,1H3. The minimum absolute atomic E-state index is 0.182. The highest BCUT2D eigenvalue weighted by molar-refractivity contribution is 6.30. The van der Waals surface area contributed by atoms with Crippen molar-refractivity contribution < 1.29 is 13.9 Å². The molecule has 1 unspecified atom stereocenters. The van der Waals surface area contributed by atoms with Crippen molar-refractivity contribution in [2.75, 3.05) is 7.11 Å². The Hall–Kier alpha value is -2.33. The average molecular weight is 400 g/mol. The van der Waals surface area contributed by atoms with Crippen LogP contribution in [-0.2, 0) is 22.5 Å². The Balaban J connectivity index is 1.80. The molecule has 2 aromatic carbocycles. The topological polar surface area (TPSA) is 31.2 Å². The van der Waals surface area contributed by atoms with Crippen molar-refractivity contribution in [2.45, 2.75) is 44.6 Å². The predicted molar refractivity (Wildman–Crippen MR) is 109 cm³/mol. The molecule has 0 saturated heterocycles. The molecule has 28 heavy (non-hydrogen) atoms. The molecule has 0 radical (unpaired) electrons. The molecule has 0 saturated carbocycles. The average Bonchev–Trinajstić information content (AvgIpc) is 3.01. The van der Waals surface area contributed by atoms with Gasteiger partial charge in [-0.2, -0.15) is 0 Å². The highest BCUT2D eigenvalue weighted by Crippen LogP contribution is 2.41. The smallest absolute Gasteiger partial charge is 0.305 e. The minimum Gasteiger partial charge on any atom is -0.469 e. The van der Waals surface area contributed by atoms with Gasteiger partial charge in [-0.25, -0.2) is 4.39 Å². The van der Waals surface area contributed by atoms with Crippen molar-refractivity contribution in [2.24, 2.45) is 0 Å². The summed E-state index contributed by atoms with van der Waals surface area (Å²) in [5.74, 6) is -0.125. The highest BCUT2D eigenvalue weighted by Gasteiger charge is 2.28. The van der Waals surface area contributed by atoms with Crippen LogP contribution < -0.4 is 0 Å². The van der Waals surface area contributed by atoms with E-state index in [2.05, 4.69) is 4.57 Å². The van der Waals surface area contributed by atoms with Gasteiger partial charge in [0.1, 0.15) is 5.82 Å². The van der Waals surface area contributed by atoms with Gasteiger partial charge in [-0.3, -0.25) is 4.79 Å². The van der Waals surface area contributed by atoms with Crippen LogP contribution in [0.25, 0.3) is 10.9 Å². The van der Waals surface area contributed by atoms with Crippen LogP contribution in [0.5, 0.6) is 0 Å². The number of fused-ring (bicyclic) bond motifs is 3. The maximum atomic E-state index is 14.0. The number of aromatic nitrogens is 1.